The zero-order valence-electron chi connectivity index (χ0n) is 12.4. The van der Waals surface area contributed by atoms with E-state index in [9.17, 15) is 9.59 Å². The highest BCUT2D eigenvalue weighted by Crippen LogP contribution is 2.05. The molecule has 0 rings (SSSR count). The minimum absolute atomic E-state index is 0.123. The van der Waals surface area contributed by atoms with Gasteiger partial charge in [-0.3, -0.25) is 0 Å². The highest BCUT2D eigenvalue weighted by Gasteiger charge is 2.03. The molecule has 20 heavy (non-hydrogen) atoms. The van der Waals surface area contributed by atoms with E-state index < -0.39 is 11.9 Å². The Balaban J connectivity index is 3.55. The lowest BCUT2D eigenvalue weighted by atomic mass is 10.1. The summed E-state index contributed by atoms with van der Waals surface area (Å²) in [6.45, 7) is 4.40. The Morgan fingerprint density at radius 1 is 1.00 bits per heavy atom. The van der Waals surface area contributed by atoms with Gasteiger partial charge in [0.05, 0.1) is 12.0 Å². The normalized spacial score (nSPS) is 12.3. The minimum Gasteiger partial charge on any atom is -0.463 e. The molecular weight excluding hydrogens is 280 g/mol. The first-order chi connectivity index (χ1) is 9.56. The smallest absolute Gasteiger partial charge is 0.331 e. The maximum atomic E-state index is 11.3. The first kappa shape index (κ1) is 19.0. The van der Waals surface area contributed by atoms with Gasteiger partial charge in [0.15, 0.2) is 0 Å². The maximum Gasteiger partial charge on any atom is 0.331 e. The third kappa shape index (κ3) is 13.4. The highest BCUT2D eigenvalue weighted by molar-refractivity contribution is 6.20. The van der Waals surface area contributed by atoms with Crippen LogP contribution in [0.3, 0.4) is 0 Å². The second kappa shape index (κ2) is 13.0. The van der Waals surface area contributed by atoms with Crippen molar-refractivity contribution in [2.45, 2.75) is 57.7 Å². The fourth-order valence-electron chi connectivity index (χ4n) is 1.48. The maximum absolute atomic E-state index is 11.3. The monoisotopic (exact) mass is 304 g/mol. The lowest BCUT2D eigenvalue weighted by molar-refractivity contribution is -0.140. The van der Waals surface area contributed by atoms with Crippen molar-refractivity contribution in [2.24, 2.45) is 0 Å². The molecule has 1 atom stereocenters. The van der Waals surface area contributed by atoms with Crippen LogP contribution in [0.25, 0.3) is 0 Å². The highest BCUT2D eigenvalue weighted by atomic mass is 35.5. The molecule has 0 amide bonds. The molecule has 0 N–H and O–H groups in total. The Hall–Kier alpha value is -1.03. The van der Waals surface area contributed by atoms with Crippen molar-refractivity contribution in [1.82, 2.24) is 0 Å². The summed E-state index contributed by atoms with van der Waals surface area (Å²) >= 11 is 5.62. The molecule has 0 aromatic carbocycles. The van der Waals surface area contributed by atoms with E-state index in [4.69, 9.17) is 21.1 Å². The summed E-state index contributed by atoms with van der Waals surface area (Å²) in [6, 6.07) is 0. The average molecular weight is 305 g/mol. The number of alkyl halides is 1. The number of carbonyl (C=O) groups is 2. The molecule has 0 aromatic heterocycles. The molecule has 0 bridgehead atoms. The van der Waals surface area contributed by atoms with E-state index in [-0.39, 0.29) is 12.0 Å². The number of hydrogen-bond acceptors (Lipinski definition) is 4. The number of esters is 2. The largest absolute Gasteiger partial charge is 0.463 e. The minimum atomic E-state index is -0.589. The first-order valence-corrected chi connectivity index (χ1v) is 7.65. The van der Waals surface area contributed by atoms with Crippen LogP contribution < -0.4 is 0 Å². The van der Waals surface area contributed by atoms with Crippen molar-refractivity contribution in [1.29, 1.82) is 0 Å². The van der Waals surface area contributed by atoms with E-state index in [1.54, 1.807) is 6.92 Å². The Labute approximate surface area is 126 Å². The third-order valence-electron chi connectivity index (χ3n) is 2.55. The molecule has 1 unspecified atom stereocenters. The number of carbonyl (C=O) groups excluding carboxylic acids is 2. The van der Waals surface area contributed by atoms with Gasteiger partial charge < -0.3 is 9.47 Å². The Bertz CT molecular complexity index is 300. The number of unbranched alkanes of at least 4 members (excludes halogenated alkanes) is 5. The summed E-state index contributed by atoms with van der Waals surface area (Å²) in [5.74, 6) is -1.11. The standard InChI is InChI=1S/C15H25ClO4/c1-3-4-5-6-7-8-11-19-14(17)9-10-15(18)20-12-13(2)16/h9-10,13H,3-8,11-12H2,1-2H3/b10-9+. The SMILES string of the molecule is CCCCCCCCOC(=O)/C=C/C(=O)OCC(C)Cl. The molecule has 4 nitrogen and oxygen atoms in total. The van der Waals surface area contributed by atoms with Crippen molar-refractivity contribution in [3.05, 3.63) is 12.2 Å². The molecule has 0 aromatic rings. The van der Waals surface area contributed by atoms with Crippen LogP contribution in [0.2, 0.25) is 0 Å². The van der Waals surface area contributed by atoms with Crippen molar-refractivity contribution >= 4 is 23.5 Å². The van der Waals surface area contributed by atoms with Gasteiger partial charge in [-0.25, -0.2) is 9.59 Å². The van der Waals surface area contributed by atoms with Crippen LogP contribution in [0.4, 0.5) is 0 Å². The molecule has 0 saturated heterocycles. The van der Waals surface area contributed by atoms with Crippen LogP contribution in [-0.4, -0.2) is 30.5 Å². The summed E-state index contributed by atoms with van der Waals surface area (Å²) in [7, 11) is 0. The fraction of sp³-hybridized carbons (Fsp3) is 0.733. The van der Waals surface area contributed by atoms with Gasteiger partial charge in [-0.15, -0.1) is 11.6 Å². The number of rotatable bonds is 11. The van der Waals surface area contributed by atoms with Crippen LogP contribution in [-0.2, 0) is 19.1 Å². The molecule has 0 fully saturated rings. The van der Waals surface area contributed by atoms with Crippen LogP contribution >= 0.6 is 11.6 Å². The van der Waals surface area contributed by atoms with E-state index in [0.29, 0.717) is 6.61 Å². The lowest BCUT2D eigenvalue weighted by Crippen LogP contribution is -2.10. The number of halogens is 1. The quantitative estimate of drug-likeness (QED) is 0.253. The molecule has 116 valence electrons. The predicted octanol–water partition coefficient (Wildman–Crippen LogP) is 3.62. The van der Waals surface area contributed by atoms with Gasteiger partial charge in [-0.2, -0.15) is 0 Å². The van der Waals surface area contributed by atoms with Crippen LogP contribution in [0, 0.1) is 0 Å². The van der Waals surface area contributed by atoms with Crippen LogP contribution in [0.15, 0.2) is 12.2 Å². The number of hydrogen-bond donors (Lipinski definition) is 0. The topological polar surface area (TPSA) is 52.6 Å². The van der Waals surface area contributed by atoms with Gasteiger partial charge in [-0.05, 0) is 13.3 Å². The molecule has 0 aliphatic rings. The van der Waals surface area contributed by atoms with Gasteiger partial charge in [0, 0.05) is 12.2 Å². The van der Waals surface area contributed by atoms with E-state index in [1.165, 1.54) is 25.7 Å². The van der Waals surface area contributed by atoms with Crippen LogP contribution in [0.1, 0.15) is 52.4 Å². The summed E-state index contributed by atoms with van der Waals surface area (Å²) in [6.07, 6.45) is 8.94. The third-order valence-corrected chi connectivity index (χ3v) is 2.68. The molecule has 5 heteroatoms. The Morgan fingerprint density at radius 2 is 1.55 bits per heavy atom. The van der Waals surface area contributed by atoms with E-state index in [1.807, 2.05) is 0 Å². The fourth-order valence-corrected chi connectivity index (χ4v) is 1.55. The number of ether oxygens (including phenoxy) is 2. The Kier molecular flexibility index (Phi) is 12.3. The molecule has 0 spiro atoms. The van der Waals surface area contributed by atoms with Gasteiger partial charge in [0.2, 0.25) is 0 Å². The zero-order chi connectivity index (χ0) is 15.2. The average Bonchev–Trinajstić information content (AvgIpc) is 2.41. The summed E-state index contributed by atoms with van der Waals surface area (Å²) in [5, 5.41) is -0.244. The molecule has 0 heterocycles. The zero-order valence-corrected chi connectivity index (χ0v) is 13.2. The summed E-state index contributed by atoms with van der Waals surface area (Å²) in [5.41, 5.74) is 0. The van der Waals surface area contributed by atoms with Crippen molar-refractivity contribution in [3.63, 3.8) is 0 Å². The lowest BCUT2D eigenvalue weighted by Gasteiger charge is -2.03. The van der Waals surface area contributed by atoms with Crippen molar-refractivity contribution < 1.29 is 19.1 Å². The van der Waals surface area contributed by atoms with E-state index in [2.05, 4.69) is 6.92 Å². The molecule has 0 radical (unpaired) electrons. The molecular formula is C15H25ClO4. The van der Waals surface area contributed by atoms with Gasteiger partial charge in [0.1, 0.15) is 6.61 Å². The first-order valence-electron chi connectivity index (χ1n) is 7.22. The van der Waals surface area contributed by atoms with Gasteiger partial charge in [0.25, 0.3) is 0 Å². The summed E-state index contributed by atoms with van der Waals surface area (Å²) in [4.78, 5) is 22.4. The van der Waals surface area contributed by atoms with Crippen molar-refractivity contribution in [3.8, 4) is 0 Å². The second-order valence-electron chi connectivity index (χ2n) is 4.68. The molecule has 0 aliphatic carbocycles. The Morgan fingerprint density at radius 3 is 2.15 bits per heavy atom. The molecule has 0 aliphatic heterocycles. The van der Waals surface area contributed by atoms with E-state index >= 15 is 0 Å². The predicted molar refractivity (Wildman–Crippen MR) is 79.7 cm³/mol. The summed E-state index contributed by atoms with van der Waals surface area (Å²) < 4.78 is 9.73. The van der Waals surface area contributed by atoms with Gasteiger partial charge >= 0.3 is 11.9 Å². The van der Waals surface area contributed by atoms with Crippen molar-refractivity contribution in [2.75, 3.05) is 13.2 Å². The van der Waals surface area contributed by atoms with Crippen LogP contribution in [0.5, 0.6) is 0 Å². The second-order valence-corrected chi connectivity index (χ2v) is 5.42. The van der Waals surface area contributed by atoms with Gasteiger partial charge in [-0.1, -0.05) is 39.0 Å². The van der Waals surface area contributed by atoms with E-state index in [0.717, 1.165) is 25.0 Å². The molecule has 0 saturated carbocycles.